The third-order valence-corrected chi connectivity index (χ3v) is 5.25. The minimum atomic E-state index is 0.0206. The van der Waals surface area contributed by atoms with E-state index < -0.39 is 0 Å². The summed E-state index contributed by atoms with van der Waals surface area (Å²) >= 11 is 0. The Bertz CT molecular complexity index is 490. The van der Waals surface area contributed by atoms with E-state index >= 15 is 0 Å². The normalized spacial score (nSPS) is 25.4. The molecule has 0 radical (unpaired) electrons. The van der Waals surface area contributed by atoms with Gasteiger partial charge in [0.1, 0.15) is 5.69 Å². The maximum absolute atomic E-state index is 12.3. The molecule has 1 aromatic heterocycles. The molecule has 1 amide bonds. The molecule has 110 valence electrons. The maximum Gasteiger partial charge on any atom is 0.269 e. The van der Waals surface area contributed by atoms with Crippen LogP contribution in [-0.4, -0.2) is 21.7 Å². The monoisotopic (exact) mass is 275 g/mol. The predicted octanol–water partition coefficient (Wildman–Crippen LogP) is 2.99. The average molecular weight is 275 g/mol. The highest BCUT2D eigenvalue weighted by Crippen LogP contribution is 2.57. The molecule has 2 saturated carbocycles. The highest BCUT2D eigenvalue weighted by molar-refractivity contribution is 5.92. The number of amides is 1. The Labute approximate surface area is 120 Å². The third-order valence-electron chi connectivity index (χ3n) is 5.25. The van der Waals surface area contributed by atoms with E-state index in [2.05, 4.69) is 17.3 Å². The van der Waals surface area contributed by atoms with Crippen molar-refractivity contribution in [2.75, 3.05) is 0 Å². The van der Waals surface area contributed by atoms with E-state index in [0.717, 1.165) is 6.54 Å². The molecule has 2 fully saturated rings. The van der Waals surface area contributed by atoms with E-state index in [1.54, 1.807) is 16.9 Å². The SMILES string of the molecule is CCn1nccc1C(=O)NC(C)C1CCCC2(CC2)C1. The average Bonchev–Trinajstić information content (AvgIpc) is 3.03. The second kappa shape index (κ2) is 5.23. The Balaban J connectivity index is 1.60. The van der Waals surface area contributed by atoms with Crippen LogP contribution >= 0.6 is 0 Å². The van der Waals surface area contributed by atoms with Crippen LogP contribution in [-0.2, 0) is 6.54 Å². The Hall–Kier alpha value is -1.32. The largest absolute Gasteiger partial charge is 0.348 e. The fourth-order valence-electron chi connectivity index (χ4n) is 3.73. The molecule has 3 rings (SSSR count). The van der Waals surface area contributed by atoms with Crippen molar-refractivity contribution in [3.8, 4) is 0 Å². The van der Waals surface area contributed by atoms with Crippen LogP contribution < -0.4 is 5.32 Å². The van der Waals surface area contributed by atoms with Crippen LogP contribution in [0.2, 0.25) is 0 Å². The molecule has 1 spiro atoms. The molecule has 2 atom stereocenters. The number of hydrogen-bond donors (Lipinski definition) is 1. The fraction of sp³-hybridized carbons (Fsp3) is 0.750. The Kier molecular flexibility index (Phi) is 3.57. The molecule has 0 aromatic carbocycles. The van der Waals surface area contributed by atoms with Gasteiger partial charge in [0.05, 0.1) is 0 Å². The lowest BCUT2D eigenvalue weighted by atomic mass is 9.76. The van der Waals surface area contributed by atoms with Gasteiger partial charge in [-0.15, -0.1) is 0 Å². The van der Waals surface area contributed by atoms with E-state index in [-0.39, 0.29) is 11.9 Å². The highest BCUT2D eigenvalue weighted by atomic mass is 16.2. The van der Waals surface area contributed by atoms with Gasteiger partial charge < -0.3 is 5.32 Å². The minimum Gasteiger partial charge on any atom is -0.348 e. The number of rotatable bonds is 4. The summed E-state index contributed by atoms with van der Waals surface area (Å²) in [5, 5.41) is 7.36. The molecule has 4 heteroatoms. The summed E-state index contributed by atoms with van der Waals surface area (Å²) in [4.78, 5) is 12.3. The Morgan fingerprint density at radius 1 is 1.55 bits per heavy atom. The predicted molar refractivity (Wildman–Crippen MR) is 78.5 cm³/mol. The Morgan fingerprint density at radius 2 is 2.35 bits per heavy atom. The molecule has 4 nitrogen and oxygen atoms in total. The van der Waals surface area contributed by atoms with Gasteiger partial charge in [0.15, 0.2) is 0 Å². The number of nitrogens with one attached hydrogen (secondary N) is 1. The number of aryl methyl sites for hydroxylation is 1. The highest BCUT2D eigenvalue weighted by Gasteiger charge is 2.46. The lowest BCUT2D eigenvalue weighted by Crippen LogP contribution is -2.41. The standard InChI is InChI=1S/C16H25N3O/c1-3-19-14(6-10-17-19)15(20)18-12(2)13-5-4-7-16(11-13)8-9-16/h6,10,12-13H,3-5,7-9,11H2,1-2H3,(H,18,20). The molecule has 1 aromatic rings. The zero-order valence-electron chi connectivity index (χ0n) is 12.6. The van der Waals surface area contributed by atoms with Crippen LogP contribution in [0.1, 0.15) is 62.9 Å². The Morgan fingerprint density at radius 3 is 3.05 bits per heavy atom. The zero-order chi connectivity index (χ0) is 14.2. The quantitative estimate of drug-likeness (QED) is 0.918. The van der Waals surface area contributed by atoms with Crippen molar-refractivity contribution in [3.05, 3.63) is 18.0 Å². The van der Waals surface area contributed by atoms with Crippen LogP contribution in [0.5, 0.6) is 0 Å². The van der Waals surface area contributed by atoms with Crippen molar-refractivity contribution in [1.29, 1.82) is 0 Å². The van der Waals surface area contributed by atoms with Crippen molar-refractivity contribution >= 4 is 5.91 Å². The van der Waals surface area contributed by atoms with Gasteiger partial charge in [0.25, 0.3) is 5.91 Å². The fourth-order valence-corrected chi connectivity index (χ4v) is 3.73. The first-order valence-electron chi connectivity index (χ1n) is 7.96. The van der Waals surface area contributed by atoms with Gasteiger partial charge >= 0.3 is 0 Å². The van der Waals surface area contributed by atoms with Crippen molar-refractivity contribution in [3.63, 3.8) is 0 Å². The van der Waals surface area contributed by atoms with Gasteiger partial charge in [0.2, 0.25) is 0 Å². The first kappa shape index (κ1) is 13.7. The molecular weight excluding hydrogens is 250 g/mol. The number of carbonyl (C=O) groups is 1. The second-order valence-electron chi connectivity index (χ2n) is 6.65. The first-order valence-corrected chi connectivity index (χ1v) is 7.96. The van der Waals surface area contributed by atoms with Crippen LogP contribution in [0.4, 0.5) is 0 Å². The molecule has 0 aliphatic heterocycles. The van der Waals surface area contributed by atoms with Gasteiger partial charge in [-0.1, -0.05) is 6.42 Å². The van der Waals surface area contributed by atoms with Crippen molar-refractivity contribution in [2.45, 2.75) is 65.0 Å². The van der Waals surface area contributed by atoms with Crippen LogP contribution in [0.3, 0.4) is 0 Å². The molecular formula is C16H25N3O. The van der Waals surface area contributed by atoms with Crippen LogP contribution in [0.15, 0.2) is 12.3 Å². The van der Waals surface area contributed by atoms with E-state index in [1.807, 2.05) is 6.92 Å². The molecule has 20 heavy (non-hydrogen) atoms. The smallest absolute Gasteiger partial charge is 0.269 e. The minimum absolute atomic E-state index is 0.0206. The summed E-state index contributed by atoms with van der Waals surface area (Å²) < 4.78 is 1.76. The van der Waals surface area contributed by atoms with E-state index in [4.69, 9.17) is 0 Å². The number of carbonyl (C=O) groups excluding carboxylic acids is 1. The van der Waals surface area contributed by atoms with Crippen LogP contribution in [0.25, 0.3) is 0 Å². The van der Waals surface area contributed by atoms with Crippen LogP contribution in [0, 0.1) is 11.3 Å². The van der Waals surface area contributed by atoms with Gasteiger partial charge in [-0.25, -0.2) is 0 Å². The van der Waals surface area contributed by atoms with Gasteiger partial charge in [-0.2, -0.15) is 5.10 Å². The summed E-state index contributed by atoms with van der Waals surface area (Å²) in [5.41, 5.74) is 1.34. The van der Waals surface area contributed by atoms with Gasteiger partial charge in [0, 0.05) is 18.8 Å². The van der Waals surface area contributed by atoms with Gasteiger partial charge in [-0.3, -0.25) is 9.48 Å². The van der Waals surface area contributed by atoms with Crippen molar-refractivity contribution in [1.82, 2.24) is 15.1 Å². The maximum atomic E-state index is 12.3. The molecule has 1 heterocycles. The third kappa shape index (κ3) is 2.60. The summed E-state index contributed by atoms with van der Waals surface area (Å²) in [5.74, 6) is 0.667. The van der Waals surface area contributed by atoms with E-state index in [0.29, 0.717) is 17.0 Å². The number of nitrogens with zero attached hydrogens (tertiary/aromatic N) is 2. The number of aromatic nitrogens is 2. The first-order chi connectivity index (χ1) is 9.63. The summed E-state index contributed by atoms with van der Waals surface area (Å²) in [7, 11) is 0. The lowest BCUT2D eigenvalue weighted by molar-refractivity contribution is 0.0897. The van der Waals surface area contributed by atoms with Crippen molar-refractivity contribution < 1.29 is 4.79 Å². The lowest BCUT2D eigenvalue weighted by Gasteiger charge is -2.33. The number of hydrogen-bond acceptors (Lipinski definition) is 2. The molecule has 2 unspecified atom stereocenters. The van der Waals surface area contributed by atoms with Gasteiger partial charge in [-0.05, 0) is 63.4 Å². The molecule has 0 saturated heterocycles. The zero-order valence-corrected chi connectivity index (χ0v) is 12.6. The second-order valence-corrected chi connectivity index (χ2v) is 6.65. The molecule has 2 aliphatic carbocycles. The summed E-state index contributed by atoms with van der Waals surface area (Å²) in [6.07, 6.45) is 9.82. The van der Waals surface area contributed by atoms with E-state index in [9.17, 15) is 4.79 Å². The molecule has 1 N–H and O–H groups in total. The van der Waals surface area contributed by atoms with Crippen molar-refractivity contribution in [2.24, 2.45) is 11.3 Å². The topological polar surface area (TPSA) is 46.9 Å². The van der Waals surface area contributed by atoms with E-state index in [1.165, 1.54) is 38.5 Å². The molecule has 0 bridgehead atoms. The molecule has 2 aliphatic rings. The summed E-state index contributed by atoms with van der Waals surface area (Å²) in [6, 6.07) is 2.06. The summed E-state index contributed by atoms with van der Waals surface area (Å²) in [6.45, 7) is 4.90.